The molecule has 0 heterocycles. The third-order valence-electron chi connectivity index (χ3n) is 4.62. The molecule has 0 aromatic heterocycles. The highest BCUT2D eigenvalue weighted by molar-refractivity contribution is 5.74. The zero-order chi connectivity index (χ0) is 15.6. The molecule has 118 valence electrons. The third-order valence-corrected chi connectivity index (χ3v) is 4.62. The number of aliphatic carboxylic acids is 1. The van der Waals surface area contributed by atoms with E-state index in [2.05, 4.69) is 4.74 Å². The zero-order valence-electron chi connectivity index (χ0n) is 12.2. The van der Waals surface area contributed by atoms with Crippen LogP contribution in [0, 0.1) is 17.3 Å². The molecule has 3 nitrogen and oxygen atoms in total. The summed E-state index contributed by atoms with van der Waals surface area (Å²) in [5.41, 5.74) is -0.810. The quantitative estimate of drug-likeness (QED) is 0.837. The van der Waals surface area contributed by atoms with E-state index in [-0.39, 0.29) is 18.3 Å². The molecule has 0 aliphatic heterocycles. The van der Waals surface area contributed by atoms with Crippen LogP contribution in [-0.2, 0) is 9.53 Å². The van der Waals surface area contributed by atoms with E-state index in [0.717, 1.165) is 7.11 Å². The van der Waals surface area contributed by atoms with Gasteiger partial charge in [-0.25, -0.2) is 0 Å². The number of rotatable bonds is 5. The van der Waals surface area contributed by atoms with Gasteiger partial charge >= 0.3 is 12.1 Å². The molecule has 0 aromatic carbocycles. The van der Waals surface area contributed by atoms with E-state index in [1.165, 1.54) is 0 Å². The van der Waals surface area contributed by atoms with E-state index < -0.39 is 23.7 Å². The number of carboxylic acid groups (broad SMARTS) is 1. The Bertz CT molecular complexity index is 331. The molecule has 1 saturated carbocycles. The SMILES string of the molecule is COC(CC1CCC(C(C)(C)C(=O)O)CC1)C(F)(F)F. The van der Waals surface area contributed by atoms with Crippen LogP contribution < -0.4 is 0 Å². The zero-order valence-corrected chi connectivity index (χ0v) is 12.2. The number of carbonyl (C=O) groups is 1. The maximum absolute atomic E-state index is 12.6. The van der Waals surface area contributed by atoms with E-state index in [1.54, 1.807) is 13.8 Å². The molecule has 1 aliphatic carbocycles. The standard InChI is InChI=1S/C14H23F3O3/c1-13(2,12(18)19)10-6-4-9(5-7-10)8-11(20-3)14(15,16)17/h9-11H,4-8H2,1-3H3,(H,18,19). The fraction of sp³-hybridized carbons (Fsp3) is 0.929. The number of halogens is 3. The maximum Gasteiger partial charge on any atom is 0.414 e. The van der Waals surface area contributed by atoms with E-state index in [0.29, 0.717) is 25.7 Å². The van der Waals surface area contributed by atoms with Crippen LogP contribution in [0.25, 0.3) is 0 Å². The molecule has 0 amide bonds. The first-order valence-corrected chi connectivity index (χ1v) is 6.92. The fourth-order valence-corrected chi connectivity index (χ4v) is 2.96. The summed E-state index contributed by atoms with van der Waals surface area (Å²) in [6.07, 6.45) is -3.46. The number of alkyl halides is 3. The summed E-state index contributed by atoms with van der Waals surface area (Å²) in [6.45, 7) is 3.38. The van der Waals surface area contributed by atoms with Crippen molar-refractivity contribution in [1.29, 1.82) is 0 Å². The lowest BCUT2D eigenvalue weighted by atomic mass is 9.68. The monoisotopic (exact) mass is 296 g/mol. The largest absolute Gasteiger partial charge is 0.481 e. The van der Waals surface area contributed by atoms with Crippen LogP contribution >= 0.6 is 0 Å². The predicted molar refractivity (Wildman–Crippen MR) is 68.3 cm³/mol. The minimum absolute atomic E-state index is 0.0276. The molecule has 1 rings (SSSR count). The van der Waals surface area contributed by atoms with Crippen LogP contribution in [-0.4, -0.2) is 30.5 Å². The molecular weight excluding hydrogens is 273 g/mol. The van der Waals surface area contributed by atoms with Gasteiger partial charge in [0.05, 0.1) is 5.41 Å². The van der Waals surface area contributed by atoms with Crippen LogP contribution in [0.4, 0.5) is 13.2 Å². The third kappa shape index (κ3) is 4.11. The van der Waals surface area contributed by atoms with Crippen molar-refractivity contribution in [3.8, 4) is 0 Å². The Morgan fingerprint density at radius 3 is 2.10 bits per heavy atom. The highest BCUT2D eigenvalue weighted by Gasteiger charge is 2.43. The molecule has 0 radical (unpaired) electrons. The number of hydrogen-bond acceptors (Lipinski definition) is 2. The number of ether oxygens (including phenoxy) is 1. The van der Waals surface area contributed by atoms with Gasteiger partial charge in [-0.15, -0.1) is 0 Å². The smallest absolute Gasteiger partial charge is 0.414 e. The first kappa shape index (κ1) is 17.3. The Morgan fingerprint density at radius 2 is 1.75 bits per heavy atom. The molecule has 6 heteroatoms. The predicted octanol–water partition coefficient (Wildman–Crippen LogP) is 3.87. The van der Waals surface area contributed by atoms with Crippen LogP contribution in [0.15, 0.2) is 0 Å². The maximum atomic E-state index is 12.6. The highest BCUT2D eigenvalue weighted by atomic mass is 19.4. The second-order valence-corrected chi connectivity index (χ2v) is 6.25. The van der Waals surface area contributed by atoms with Crippen molar-refractivity contribution in [2.24, 2.45) is 17.3 Å². The molecule has 0 saturated heterocycles. The number of hydrogen-bond donors (Lipinski definition) is 1. The molecule has 1 aliphatic rings. The first-order valence-electron chi connectivity index (χ1n) is 6.92. The number of carboxylic acids is 1. The van der Waals surface area contributed by atoms with Crippen LogP contribution in [0.5, 0.6) is 0 Å². The van der Waals surface area contributed by atoms with Crippen molar-refractivity contribution >= 4 is 5.97 Å². The van der Waals surface area contributed by atoms with Crippen LogP contribution in [0.1, 0.15) is 46.0 Å². The molecular formula is C14H23F3O3. The lowest BCUT2D eigenvalue weighted by Gasteiger charge is -2.37. The van der Waals surface area contributed by atoms with E-state index in [1.807, 2.05) is 0 Å². The van der Waals surface area contributed by atoms with Crippen molar-refractivity contribution in [1.82, 2.24) is 0 Å². The molecule has 1 N–H and O–H groups in total. The lowest BCUT2D eigenvalue weighted by molar-refractivity contribution is -0.218. The second-order valence-electron chi connectivity index (χ2n) is 6.25. The van der Waals surface area contributed by atoms with Crippen molar-refractivity contribution < 1.29 is 27.8 Å². The van der Waals surface area contributed by atoms with Gasteiger partial charge in [-0.2, -0.15) is 13.2 Å². The van der Waals surface area contributed by atoms with E-state index in [9.17, 15) is 23.1 Å². The molecule has 0 spiro atoms. The Balaban J connectivity index is 2.53. The van der Waals surface area contributed by atoms with E-state index >= 15 is 0 Å². The van der Waals surface area contributed by atoms with Gasteiger partial charge in [-0.1, -0.05) is 12.8 Å². The van der Waals surface area contributed by atoms with Crippen LogP contribution in [0.3, 0.4) is 0 Å². The Kier molecular flexibility index (Phi) is 5.46. The lowest BCUT2D eigenvalue weighted by Crippen LogP contribution is -2.37. The van der Waals surface area contributed by atoms with Crippen molar-refractivity contribution in [3.05, 3.63) is 0 Å². The van der Waals surface area contributed by atoms with Gasteiger partial charge in [0.15, 0.2) is 6.10 Å². The van der Waals surface area contributed by atoms with Gasteiger partial charge < -0.3 is 9.84 Å². The average molecular weight is 296 g/mol. The molecule has 20 heavy (non-hydrogen) atoms. The topological polar surface area (TPSA) is 46.5 Å². The summed E-state index contributed by atoms with van der Waals surface area (Å²) < 4.78 is 42.5. The Morgan fingerprint density at radius 1 is 1.25 bits per heavy atom. The van der Waals surface area contributed by atoms with Crippen molar-refractivity contribution in [2.45, 2.75) is 58.2 Å². The molecule has 1 fully saturated rings. The van der Waals surface area contributed by atoms with Crippen molar-refractivity contribution in [2.75, 3.05) is 7.11 Å². The molecule has 0 aromatic rings. The Hall–Kier alpha value is -0.780. The molecule has 1 unspecified atom stereocenters. The van der Waals surface area contributed by atoms with Gasteiger partial charge in [0.25, 0.3) is 0 Å². The number of methoxy groups -OCH3 is 1. The van der Waals surface area contributed by atoms with Gasteiger partial charge in [0.1, 0.15) is 0 Å². The fourth-order valence-electron chi connectivity index (χ4n) is 2.96. The minimum atomic E-state index is -4.33. The van der Waals surface area contributed by atoms with Gasteiger partial charge in [0, 0.05) is 7.11 Å². The second kappa shape index (κ2) is 6.33. The molecule has 0 bridgehead atoms. The van der Waals surface area contributed by atoms with Gasteiger partial charge in [-0.05, 0) is 44.9 Å². The van der Waals surface area contributed by atoms with Gasteiger partial charge in [0.2, 0.25) is 0 Å². The average Bonchev–Trinajstić information content (AvgIpc) is 2.34. The van der Waals surface area contributed by atoms with Gasteiger partial charge in [-0.3, -0.25) is 4.79 Å². The van der Waals surface area contributed by atoms with Crippen LogP contribution in [0.2, 0.25) is 0 Å². The molecule has 1 atom stereocenters. The highest BCUT2D eigenvalue weighted by Crippen LogP contribution is 2.42. The normalized spacial score (nSPS) is 26.3. The Labute approximate surface area is 117 Å². The summed E-state index contributed by atoms with van der Waals surface area (Å²) in [5.74, 6) is -0.850. The summed E-state index contributed by atoms with van der Waals surface area (Å²) in [6, 6.07) is 0. The minimum Gasteiger partial charge on any atom is -0.481 e. The summed E-state index contributed by atoms with van der Waals surface area (Å²) in [7, 11) is 1.08. The first-order chi connectivity index (χ1) is 9.09. The summed E-state index contributed by atoms with van der Waals surface area (Å²) in [4.78, 5) is 11.2. The summed E-state index contributed by atoms with van der Waals surface area (Å²) in [5, 5.41) is 9.18. The van der Waals surface area contributed by atoms with Crippen molar-refractivity contribution in [3.63, 3.8) is 0 Å². The van der Waals surface area contributed by atoms with E-state index in [4.69, 9.17) is 0 Å². The summed E-state index contributed by atoms with van der Waals surface area (Å²) >= 11 is 0.